The van der Waals surface area contributed by atoms with Crippen molar-refractivity contribution >= 4 is 21.8 Å². The van der Waals surface area contributed by atoms with E-state index in [-0.39, 0.29) is 5.91 Å². The van der Waals surface area contributed by atoms with Crippen molar-refractivity contribution in [3.63, 3.8) is 0 Å². The quantitative estimate of drug-likeness (QED) is 0.720. The van der Waals surface area contributed by atoms with Crippen molar-refractivity contribution in [2.75, 3.05) is 13.1 Å². The third-order valence-corrected chi connectivity index (χ3v) is 2.77. The predicted molar refractivity (Wildman–Crippen MR) is 57.1 cm³/mol. The molecule has 1 aromatic heterocycles. The van der Waals surface area contributed by atoms with Gasteiger partial charge in [0.2, 0.25) is 0 Å². The van der Waals surface area contributed by atoms with Crippen molar-refractivity contribution in [2.24, 2.45) is 0 Å². The molecule has 0 N–H and O–H groups in total. The fourth-order valence-electron chi connectivity index (χ4n) is 1.61. The summed E-state index contributed by atoms with van der Waals surface area (Å²) in [4.78, 5) is 17.8. The average molecular weight is 255 g/mol. The first-order valence-electron chi connectivity index (χ1n) is 4.69. The molecule has 0 atom stereocenters. The van der Waals surface area contributed by atoms with E-state index in [9.17, 15) is 4.79 Å². The largest absolute Gasteiger partial charge is 0.337 e. The van der Waals surface area contributed by atoms with E-state index in [1.54, 1.807) is 6.07 Å². The minimum absolute atomic E-state index is 0.0452. The zero-order valence-electron chi connectivity index (χ0n) is 7.74. The zero-order chi connectivity index (χ0) is 9.97. The Morgan fingerprint density at radius 3 is 2.71 bits per heavy atom. The number of amides is 1. The molecule has 0 aliphatic carbocycles. The molecule has 4 heteroatoms. The highest BCUT2D eigenvalue weighted by Crippen LogP contribution is 2.13. The lowest BCUT2D eigenvalue weighted by molar-refractivity contribution is 0.0787. The van der Waals surface area contributed by atoms with Crippen LogP contribution in [0.4, 0.5) is 0 Å². The second-order valence-electron chi connectivity index (χ2n) is 3.34. The lowest BCUT2D eigenvalue weighted by atomic mass is 10.3. The monoisotopic (exact) mass is 254 g/mol. The van der Waals surface area contributed by atoms with Crippen LogP contribution in [-0.2, 0) is 0 Å². The first kappa shape index (κ1) is 9.65. The van der Waals surface area contributed by atoms with Gasteiger partial charge in [0.15, 0.2) is 0 Å². The minimum atomic E-state index is 0.0452. The molecule has 0 bridgehead atoms. The molecule has 1 saturated heterocycles. The first-order chi connectivity index (χ1) is 6.77. The van der Waals surface area contributed by atoms with Crippen LogP contribution >= 0.6 is 15.9 Å². The van der Waals surface area contributed by atoms with Crippen molar-refractivity contribution in [3.05, 3.63) is 28.5 Å². The van der Waals surface area contributed by atoms with E-state index < -0.39 is 0 Å². The Morgan fingerprint density at radius 2 is 2.07 bits per heavy atom. The Kier molecular flexibility index (Phi) is 2.82. The molecule has 0 radical (unpaired) electrons. The molecule has 1 aliphatic rings. The standard InChI is InChI=1S/C10H11BrN2O/c11-9-5-3-4-8(12-9)10(14)13-6-1-2-7-13/h3-5H,1-2,6-7H2. The van der Waals surface area contributed by atoms with Gasteiger partial charge in [0, 0.05) is 13.1 Å². The van der Waals surface area contributed by atoms with Crippen molar-refractivity contribution < 1.29 is 4.79 Å². The van der Waals surface area contributed by atoms with E-state index in [1.807, 2.05) is 17.0 Å². The van der Waals surface area contributed by atoms with Crippen LogP contribution in [0.2, 0.25) is 0 Å². The van der Waals surface area contributed by atoms with Gasteiger partial charge in [-0.2, -0.15) is 0 Å². The third kappa shape index (κ3) is 1.95. The average Bonchev–Trinajstić information content (AvgIpc) is 2.69. The normalized spacial score (nSPS) is 15.9. The molecule has 2 heterocycles. The van der Waals surface area contributed by atoms with Gasteiger partial charge in [-0.1, -0.05) is 6.07 Å². The Labute approximate surface area is 91.3 Å². The molecular formula is C10H11BrN2O. The number of hydrogen-bond acceptors (Lipinski definition) is 2. The molecule has 74 valence electrons. The van der Waals surface area contributed by atoms with Gasteiger partial charge in [0.25, 0.3) is 5.91 Å². The summed E-state index contributed by atoms with van der Waals surface area (Å²) in [7, 11) is 0. The highest BCUT2D eigenvalue weighted by molar-refractivity contribution is 9.10. The summed E-state index contributed by atoms with van der Waals surface area (Å²) in [5, 5.41) is 0. The molecule has 1 amide bonds. The van der Waals surface area contributed by atoms with Gasteiger partial charge in [-0.15, -0.1) is 0 Å². The zero-order valence-corrected chi connectivity index (χ0v) is 9.33. The second kappa shape index (κ2) is 4.09. The molecule has 3 nitrogen and oxygen atoms in total. The predicted octanol–water partition coefficient (Wildman–Crippen LogP) is 2.08. The third-order valence-electron chi connectivity index (χ3n) is 2.33. The summed E-state index contributed by atoms with van der Waals surface area (Å²) in [6, 6.07) is 5.41. The SMILES string of the molecule is O=C(c1cccc(Br)n1)N1CCCC1. The van der Waals surface area contributed by atoms with Gasteiger partial charge in [-0.3, -0.25) is 4.79 Å². The summed E-state index contributed by atoms with van der Waals surface area (Å²) >= 11 is 3.26. The number of nitrogens with zero attached hydrogens (tertiary/aromatic N) is 2. The van der Waals surface area contributed by atoms with Gasteiger partial charge in [0.1, 0.15) is 10.3 Å². The van der Waals surface area contributed by atoms with Gasteiger partial charge >= 0.3 is 0 Å². The molecule has 0 spiro atoms. The maximum atomic E-state index is 11.8. The van der Waals surface area contributed by atoms with Crippen molar-refractivity contribution in [2.45, 2.75) is 12.8 Å². The topological polar surface area (TPSA) is 33.2 Å². The number of likely N-dealkylation sites (tertiary alicyclic amines) is 1. The number of aromatic nitrogens is 1. The number of carbonyl (C=O) groups is 1. The lowest BCUT2D eigenvalue weighted by Crippen LogP contribution is -2.28. The van der Waals surface area contributed by atoms with Crippen LogP contribution in [0.25, 0.3) is 0 Å². The van der Waals surface area contributed by atoms with Crippen LogP contribution in [0.1, 0.15) is 23.3 Å². The summed E-state index contributed by atoms with van der Waals surface area (Å²) in [6.07, 6.45) is 2.22. The molecule has 0 aromatic carbocycles. The molecule has 1 aromatic rings. The van der Waals surface area contributed by atoms with E-state index in [0.717, 1.165) is 25.9 Å². The fourth-order valence-corrected chi connectivity index (χ4v) is 1.95. The molecule has 2 rings (SSSR count). The van der Waals surface area contributed by atoms with Crippen molar-refractivity contribution in [3.8, 4) is 0 Å². The van der Waals surface area contributed by atoms with E-state index in [2.05, 4.69) is 20.9 Å². The number of hydrogen-bond donors (Lipinski definition) is 0. The van der Waals surface area contributed by atoms with E-state index in [0.29, 0.717) is 10.3 Å². The number of pyridine rings is 1. The Morgan fingerprint density at radius 1 is 1.36 bits per heavy atom. The number of halogens is 1. The Hall–Kier alpha value is -0.900. The summed E-state index contributed by atoms with van der Waals surface area (Å²) in [5.41, 5.74) is 0.529. The lowest BCUT2D eigenvalue weighted by Gasteiger charge is -2.14. The highest BCUT2D eigenvalue weighted by atomic mass is 79.9. The van der Waals surface area contributed by atoms with E-state index >= 15 is 0 Å². The Balaban J connectivity index is 2.17. The number of rotatable bonds is 1. The van der Waals surface area contributed by atoms with Crippen LogP contribution in [0.5, 0.6) is 0 Å². The second-order valence-corrected chi connectivity index (χ2v) is 4.16. The van der Waals surface area contributed by atoms with E-state index in [1.165, 1.54) is 0 Å². The van der Waals surface area contributed by atoms with E-state index in [4.69, 9.17) is 0 Å². The van der Waals surface area contributed by atoms with Gasteiger partial charge in [-0.25, -0.2) is 4.98 Å². The summed E-state index contributed by atoms with van der Waals surface area (Å²) in [6.45, 7) is 1.74. The molecular weight excluding hydrogens is 244 g/mol. The summed E-state index contributed by atoms with van der Waals surface area (Å²) < 4.78 is 0.711. The fraction of sp³-hybridized carbons (Fsp3) is 0.400. The van der Waals surface area contributed by atoms with Crippen molar-refractivity contribution in [1.29, 1.82) is 0 Å². The minimum Gasteiger partial charge on any atom is -0.337 e. The Bertz CT molecular complexity index is 348. The highest BCUT2D eigenvalue weighted by Gasteiger charge is 2.20. The van der Waals surface area contributed by atoms with Crippen LogP contribution in [0.15, 0.2) is 22.8 Å². The number of carbonyl (C=O) groups excluding carboxylic acids is 1. The maximum Gasteiger partial charge on any atom is 0.272 e. The van der Waals surface area contributed by atoms with Crippen LogP contribution in [0.3, 0.4) is 0 Å². The van der Waals surface area contributed by atoms with Gasteiger partial charge in [0.05, 0.1) is 0 Å². The van der Waals surface area contributed by atoms with Crippen molar-refractivity contribution in [1.82, 2.24) is 9.88 Å². The van der Waals surface area contributed by atoms with Gasteiger partial charge in [-0.05, 0) is 40.9 Å². The first-order valence-corrected chi connectivity index (χ1v) is 5.48. The smallest absolute Gasteiger partial charge is 0.272 e. The molecule has 1 aliphatic heterocycles. The maximum absolute atomic E-state index is 11.8. The molecule has 14 heavy (non-hydrogen) atoms. The van der Waals surface area contributed by atoms with Crippen LogP contribution in [-0.4, -0.2) is 28.9 Å². The molecule has 0 saturated carbocycles. The molecule has 1 fully saturated rings. The van der Waals surface area contributed by atoms with Gasteiger partial charge < -0.3 is 4.90 Å². The molecule has 0 unspecified atom stereocenters. The van der Waals surface area contributed by atoms with Crippen LogP contribution in [0, 0.1) is 0 Å². The van der Waals surface area contributed by atoms with Crippen LogP contribution < -0.4 is 0 Å². The summed E-state index contributed by atoms with van der Waals surface area (Å²) in [5.74, 6) is 0.0452.